The second-order valence-electron chi connectivity index (χ2n) is 7.19. The van der Waals surface area contributed by atoms with E-state index in [-0.39, 0.29) is 28.7 Å². The Labute approximate surface area is 170 Å². The number of nitrogens with two attached hydrogens (primary N) is 1. The predicted octanol–water partition coefficient (Wildman–Crippen LogP) is 1.71. The van der Waals surface area contributed by atoms with Crippen LogP contribution < -0.4 is 21.9 Å². The van der Waals surface area contributed by atoms with Gasteiger partial charge in [-0.05, 0) is 56.0 Å². The second kappa shape index (κ2) is 7.40. The molecule has 0 unspecified atom stereocenters. The average Bonchev–Trinajstić information content (AvgIpc) is 2.68. The van der Waals surface area contributed by atoms with E-state index in [9.17, 15) is 19.2 Å². The molecule has 2 aromatic rings. The molecule has 2 heterocycles. The van der Waals surface area contributed by atoms with Crippen molar-refractivity contribution in [1.82, 2.24) is 10.3 Å². The topological polar surface area (TPSA) is 134 Å². The molecule has 3 amide bonds. The van der Waals surface area contributed by atoms with E-state index in [0.717, 1.165) is 11.3 Å². The van der Waals surface area contributed by atoms with Crippen LogP contribution in [0.4, 0.5) is 5.69 Å². The fourth-order valence-electron chi connectivity index (χ4n) is 3.67. The third-order valence-electron chi connectivity index (χ3n) is 5.20. The number of rotatable bonds is 3. The highest BCUT2D eigenvalue weighted by Gasteiger charge is 2.27. The predicted molar refractivity (Wildman–Crippen MR) is 109 cm³/mol. The van der Waals surface area contributed by atoms with E-state index in [1.54, 1.807) is 12.1 Å². The first-order chi connectivity index (χ1) is 13.8. The van der Waals surface area contributed by atoms with Gasteiger partial charge in [0.2, 0.25) is 5.91 Å². The zero-order chi connectivity index (χ0) is 20.7. The van der Waals surface area contributed by atoms with Gasteiger partial charge in [0.05, 0.1) is 17.0 Å². The lowest BCUT2D eigenvalue weighted by molar-refractivity contribution is -0.115. The zero-order valence-electron chi connectivity index (χ0n) is 15.7. The van der Waals surface area contributed by atoms with Gasteiger partial charge >= 0.3 is 0 Å². The molecule has 0 fully saturated rings. The summed E-state index contributed by atoms with van der Waals surface area (Å²) in [5, 5.41) is 5.61. The molecule has 0 saturated carbocycles. The number of H-pyrrole nitrogens is 1. The van der Waals surface area contributed by atoms with E-state index in [4.69, 9.17) is 5.73 Å². The monoisotopic (exact) mass is 412 g/mol. The Bertz CT molecular complexity index is 1090. The number of nitrogens with one attached hydrogen (secondary N) is 3. The van der Waals surface area contributed by atoms with E-state index >= 15 is 0 Å². The minimum Gasteiger partial charge on any atom is -0.365 e. The summed E-state index contributed by atoms with van der Waals surface area (Å²) in [7, 11) is 0. The van der Waals surface area contributed by atoms with Crippen molar-refractivity contribution in [1.29, 1.82) is 0 Å². The molecule has 2 atom stereocenters. The van der Waals surface area contributed by atoms with Crippen LogP contribution in [0.5, 0.6) is 0 Å². The Hall–Kier alpha value is -3.07. The first-order valence-corrected chi connectivity index (χ1v) is 10.2. The van der Waals surface area contributed by atoms with Gasteiger partial charge < -0.3 is 21.4 Å². The van der Waals surface area contributed by atoms with E-state index in [0.29, 0.717) is 35.3 Å². The average molecular weight is 412 g/mol. The van der Waals surface area contributed by atoms with Gasteiger partial charge in [-0.15, -0.1) is 11.8 Å². The summed E-state index contributed by atoms with van der Waals surface area (Å²) in [5.41, 5.74) is 7.11. The van der Waals surface area contributed by atoms with Crippen LogP contribution in [0.3, 0.4) is 0 Å². The number of aryl methyl sites for hydroxylation is 1. The molecule has 1 aliphatic carbocycles. The van der Waals surface area contributed by atoms with Crippen LogP contribution in [0.25, 0.3) is 0 Å². The number of hydrogen-bond donors (Lipinski definition) is 4. The van der Waals surface area contributed by atoms with Crippen molar-refractivity contribution >= 4 is 35.2 Å². The highest BCUT2D eigenvalue weighted by Crippen LogP contribution is 2.36. The number of aromatic nitrogens is 1. The Morgan fingerprint density at radius 3 is 2.79 bits per heavy atom. The van der Waals surface area contributed by atoms with Crippen LogP contribution in [-0.2, 0) is 11.2 Å². The normalized spacial score (nSPS) is 20.2. The second-order valence-corrected chi connectivity index (χ2v) is 8.57. The molecule has 150 valence electrons. The number of carbonyl (C=O) groups excluding carboxylic acids is 3. The summed E-state index contributed by atoms with van der Waals surface area (Å²) < 4.78 is 0. The Morgan fingerprint density at radius 1 is 1.24 bits per heavy atom. The molecule has 0 saturated heterocycles. The van der Waals surface area contributed by atoms with Crippen LogP contribution in [0.2, 0.25) is 0 Å². The first kappa shape index (κ1) is 19.3. The van der Waals surface area contributed by atoms with Crippen molar-refractivity contribution in [2.24, 2.45) is 5.73 Å². The lowest BCUT2D eigenvalue weighted by Gasteiger charge is -2.27. The van der Waals surface area contributed by atoms with Gasteiger partial charge in [-0.25, -0.2) is 0 Å². The quantitative estimate of drug-likeness (QED) is 0.609. The van der Waals surface area contributed by atoms with Crippen LogP contribution in [0.15, 0.2) is 34.0 Å². The van der Waals surface area contributed by atoms with Crippen molar-refractivity contribution in [3.8, 4) is 0 Å². The number of amides is 3. The number of hydrogen-bond acceptors (Lipinski definition) is 5. The van der Waals surface area contributed by atoms with E-state index in [2.05, 4.69) is 15.6 Å². The molecule has 2 aliphatic rings. The summed E-state index contributed by atoms with van der Waals surface area (Å²) >= 11 is 1.45. The molecular weight excluding hydrogens is 392 g/mol. The Balaban J connectivity index is 1.60. The van der Waals surface area contributed by atoms with Crippen LogP contribution in [0, 0.1) is 0 Å². The first-order valence-electron chi connectivity index (χ1n) is 9.32. The molecule has 4 rings (SSSR count). The third kappa shape index (κ3) is 3.65. The molecule has 9 heteroatoms. The minimum absolute atomic E-state index is 0.0933. The molecular formula is C20H20N4O4S. The van der Waals surface area contributed by atoms with Crippen molar-refractivity contribution in [2.75, 3.05) is 5.32 Å². The number of carbonyl (C=O) groups is 3. The summed E-state index contributed by atoms with van der Waals surface area (Å²) in [4.78, 5) is 51.9. The van der Waals surface area contributed by atoms with Gasteiger partial charge in [0, 0.05) is 16.2 Å². The van der Waals surface area contributed by atoms with Gasteiger partial charge in [-0.1, -0.05) is 0 Å². The fourth-order valence-corrected chi connectivity index (χ4v) is 4.60. The summed E-state index contributed by atoms with van der Waals surface area (Å²) in [6.45, 7) is 1.83. The van der Waals surface area contributed by atoms with Crippen LogP contribution in [0.1, 0.15) is 57.8 Å². The highest BCUT2D eigenvalue weighted by atomic mass is 32.2. The molecule has 8 nitrogen and oxygen atoms in total. The number of thioether (sulfide) groups is 1. The number of fused-ring (bicyclic) bond motifs is 2. The Morgan fingerprint density at radius 2 is 2.03 bits per heavy atom. The zero-order valence-corrected chi connectivity index (χ0v) is 16.5. The van der Waals surface area contributed by atoms with Gasteiger partial charge in [-0.3, -0.25) is 19.2 Å². The minimum atomic E-state index is -0.804. The largest absolute Gasteiger partial charge is 0.365 e. The van der Waals surface area contributed by atoms with Crippen LogP contribution >= 0.6 is 11.8 Å². The van der Waals surface area contributed by atoms with Crippen LogP contribution in [-0.4, -0.2) is 28.0 Å². The van der Waals surface area contributed by atoms with Crippen molar-refractivity contribution in [3.63, 3.8) is 0 Å². The van der Waals surface area contributed by atoms with Crippen molar-refractivity contribution < 1.29 is 14.4 Å². The van der Waals surface area contributed by atoms with Crippen molar-refractivity contribution in [2.45, 2.75) is 42.4 Å². The summed E-state index contributed by atoms with van der Waals surface area (Å²) in [6.07, 6.45) is 2.13. The molecule has 1 aliphatic heterocycles. The molecule has 29 heavy (non-hydrogen) atoms. The van der Waals surface area contributed by atoms with Gasteiger partial charge in [0.1, 0.15) is 5.56 Å². The molecule has 0 spiro atoms. The van der Waals surface area contributed by atoms with E-state index < -0.39 is 11.5 Å². The smallest absolute Gasteiger partial charge is 0.261 e. The maximum atomic E-state index is 12.8. The summed E-state index contributed by atoms with van der Waals surface area (Å²) in [6, 6.07) is 6.33. The highest BCUT2D eigenvalue weighted by molar-refractivity contribution is 8.00. The number of benzene rings is 1. The summed E-state index contributed by atoms with van der Waals surface area (Å²) in [5.74, 6) is -1.19. The number of aromatic amines is 1. The number of pyridine rings is 1. The van der Waals surface area contributed by atoms with Gasteiger partial charge in [-0.2, -0.15) is 0 Å². The fraction of sp³-hybridized carbons (Fsp3) is 0.300. The van der Waals surface area contributed by atoms with Crippen molar-refractivity contribution in [3.05, 3.63) is 57.0 Å². The maximum Gasteiger partial charge on any atom is 0.261 e. The molecule has 0 bridgehead atoms. The Kier molecular flexibility index (Phi) is 4.91. The molecule has 1 aromatic heterocycles. The third-order valence-corrected chi connectivity index (χ3v) is 6.37. The molecule has 1 aromatic carbocycles. The lowest BCUT2D eigenvalue weighted by Crippen LogP contribution is -2.34. The SMILES string of the molecule is C[C@H]1Sc2ccc(C(=O)N[C@@H]3CCCc4[nH]c(=O)c(C(N)=O)cc43)cc2NC1=O. The lowest BCUT2D eigenvalue weighted by atomic mass is 9.90. The molecule has 5 N–H and O–H groups in total. The number of anilines is 1. The maximum absolute atomic E-state index is 12.8. The molecule has 0 radical (unpaired) electrons. The number of primary amides is 1. The van der Waals surface area contributed by atoms with E-state index in [1.165, 1.54) is 17.8 Å². The van der Waals surface area contributed by atoms with Gasteiger partial charge in [0.25, 0.3) is 17.4 Å². The van der Waals surface area contributed by atoms with Gasteiger partial charge in [0.15, 0.2) is 0 Å². The van der Waals surface area contributed by atoms with E-state index in [1.807, 2.05) is 13.0 Å². The standard InChI is InChI=1S/C20H20N4O4S/c1-9-18(26)24-15-7-10(5-6-16(15)29-9)19(27)22-13-3-2-4-14-11(13)8-12(17(21)25)20(28)23-14/h5-9,13H,2-4H2,1H3,(H2,21,25)(H,22,27)(H,23,28)(H,24,26)/t9-,13-/m1/s1.